The fourth-order valence-corrected chi connectivity index (χ4v) is 1.31. The molecule has 0 aromatic heterocycles. The predicted octanol–water partition coefficient (Wildman–Crippen LogP) is 0.814. The van der Waals surface area contributed by atoms with Crippen molar-refractivity contribution in [1.29, 1.82) is 0 Å². The van der Waals surface area contributed by atoms with Crippen LogP contribution >= 0.6 is 0 Å². The Balaban J connectivity index is 2.32. The molecular weight excluding hydrogens is 124 g/mol. The molecule has 0 aromatic rings. The molecule has 0 radical (unpaired) electrons. The summed E-state index contributed by atoms with van der Waals surface area (Å²) >= 11 is 0. The van der Waals surface area contributed by atoms with Crippen molar-refractivity contribution in [2.75, 3.05) is 19.6 Å². The highest BCUT2D eigenvalue weighted by Gasteiger charge is 2.10. The molecule has 1 fully saturated rings. The van der Waals surface area contributed by atoms with Crippen molar-refractivity contribution >= 4 is 0 Å². The van der Waals surface area contributed by atoms with Crippen LogP contribution in [0.3, 0.4) is 0 Å². The molecule has 1 atom stereocenters. The standard InChI is InChI=1S/C8H16N2/c1-3-5-10-6-4-9-8(2)7-10/h3,5,8-9H,4,6-7H2,1-2H3/t8-/m0/s1. The van der Waals surface area contributed by atoms with E-state index in [0.29, 0.717) is 6.04 Å². The average molecular weight is 140 g/mol. The van der Waals surface area contributed by atoms with Crippen LogP contribution in [0.15, 0.2) is 12.3 Å². The largest absolute Gasteiger partial charge is 0.375 e. The van der Waals surface area contributed by atoms with Crippen LogP contribution in [0.25, 0.3) is 0 Å². The maximum atomic E-state index is 3.39. The lowest BCUT2D eigenvalue weighted by Gasteiger charge is -2.30. The first-order chi connectivity index (χ1) is 4.83. The van der Waals surface area contributed by atoms with E-state index < -0.39 is 0 Å². The highest BCUT2D eigenvalue weighted by molar-refractivity contribution is 4.84. The van der Waals surface area contributed by atoms with E-state index in [1.54, 1.807) is 0 Å². The van der Waals surface area contributed by atoms with Crippen molar-refractivity contribution in [3.63, 3.8) is 0 Å². The molecule has 0 amide bonds. The molecule has 0 unspecified atom stereocenters. The lowest BCUT2D eigenvalue weighted by molar-refractivity contribution is 0.276. The first-order valence-corrected chi connectivity index (χ1v) is 3.93. The van der Waals surface area contributed by atoms with Crippen molar-refractivity contribution in [3.05, 3.63) is 12.3 Å². The van der Waals surface area contributed by atoms with E-state index in [9.17, 15) is 0 Å². The molecule has 1 N–H and O–H groups in total. The van der Waals surface area contributed by atoms with E-state index in [1.807, 2.05) is 0 Å². The topological polar surface area (TPSA) is 15.3 Å². The third kappa shape index (κ3) is 2.03. The maximum Gasteiger partial charge on any atom is 0.0324 e. The Bertz CT molecular complexity index is 120. The predicted molar refractivity (Wildman–Crippen MR) is 43.9 cm³/mol. The van der Waals surface area contributed by atoms with Crippen molar-refractivity contribution in [2.45, 2.75) is 19.9 Å². The van der Waals surface area contributed by atoms with E-state index in [1.165, 1.54) is 0 Å². The normalized spacial score (nSPS) is 27.8. The van der Waals surface area contributed by atoms with Gasteiger partial charge < -0.3 is 10.2 Å². The van der Waals surface area contributed by atoms with Crippen molar-refractivity contribution in [2.24, 2.45) is 0 Å². The van der Waals surface area contributed by atoms with Gasteiger partial charge in [-0.1, -0.05) is 6.08 Å². The van der Waals surface area contributed by atoms with Crippen LogP contribution in [0.4, 0.5) is 0 Å². The summed E-state index contributed by atoms with van der Waals surface area (Å²) < 4.78 is 0. The van der Waals surface area contributed by atoms with E-state index in [-0.39, 0.29) is 0 Å². The van der Waals surface area contributed by atoms with Gasteiger partial charge in [-0.05, 0) is 20.0 Å². The van der Waals surface area contributed by atoms with Gasteiger partial charge in [-0.15, -0.1) is 0 Å². The van der Waals surface area contributed by atoms with Gasteiger partial charge in [0.1, 0.15) is 0 Å². The summed E-state index contributed by atoms with van der Waals surface area (Å²) in [6, 6.07) is 0.643. The summed E-state index contributed by atoms with van der Waals surface area (Å²) in [4.78, 5) is 2.35. The average Bonchev–Trinajstić information content (AvgIpc) is 1.88. The molecule has 0 aliphatic carbocycles. The van der Waals surface area contributed by atoms with Crippen LogP contribution in [-0.4, -0.2) is 30.6 Å². The number of rotatable bonds is 1. The van der Waals surface area contributed by atoms with E-state index in [0.717, 1.165) is 19.6 Å². The van der Waals surface area contributed by atoms with Crippen LogP contribution in [0, 0.1) is 0 Å². The van der Waals surface area contributed by atoms with Crippen molar-refractivity contribution in [1.82, 2.24) is 10.2 Å². The molecule has 2 nitrogen and oxygen atoms in total. The van der Waals surface area contributed by atoms with Gasteiger partial charge in [0.2, 0.25) is 0 Å². The summed E-state index contributed by atoms with van der Waals surface area (Å²) in [7, 11) is 0. The number of nitrogens with zero attached hydrogens (tertiary/aromatic N) is 1. The van der Waals surface area contributed by atoms with Gasteiger partial charge in [-0.2, -0.15) is 0 Å². The Hall–Kier alpha value is -0.500. The van der Waals surface area contributed by atoms with E-state index in [2.05, 4.69) is 36.3 Å². The Kier molecular flexibility index (Phi) is 2.75. The van der Waals surface area contributed by atoms with Crippen LogP contribution in [0.2, 0.25) is 0 Å². The highest BCUT2D eigenvalue weighted by Crippen LogP contribution is 1.97. The molecule has 2 heteroatoms. The van der Waals surface area contributed by atoms with Crippen LogP contribution in [-0.2, 0) is 0 Å². The molecule has 58 valence electrons. The molecule has 1 aliphatic rings. The van der Waals surface area contributed by atoms with Gasteiger partial charge in [0.05, 0.1) is 0 Å². The maximum absolute atomic E-state index is 3.39. The number of nitrogens with one attached hydrogen (secondary N) is 1. The molecule has 1 heterocycles. The Labute approximate surface area is 62.9 Å². The molecule has 0 spiro atoms. The number of hydrogen-bond donors (Lipinski definition) is 1. The molecule has 1 rings (SSSR count). The Morgan fingerprint density at radius 1 is 1.60 bits per heavy atom. The Morgan fingerprint density at radius 2 is 2.40 bits per heavy atom. The zero-order valence-electron chi connectivity index (χ0n) is 6.80. The second kappa shape index (κ2) is 3.62. The quantitative estimate of drug-likeness (QED) is 0.580. The zero-order chi connectivity index (χ0) is 7.40. The molecule has 0 aromatic carbocycles. The van der Waals surface area contributed by atoms with E-state index >= 15 is 0 Å². The minimum Gasteiger partial charge on any atom is -0.375 e. The van der Waals surface area contributed by atoms with Gasteiger partial charge >= 0.3 is 0 Å². The number of allylic oxidation sites excluding steroid dienone is 1. The second-order valence-corrected chi connectivity index (χ2v) is 2.83. The third-order valence-electron chi connectivity index (χ3n) is 1.76. The summed E-state index contributed by atoms with van der Waals surface area (Å²) in [5.74, 6) is 0. The first-order valence-electron chi connectivity index (χ1n) is 3.93. The van der Waals surface area contributed by atoms with Crippen LogP contribution in [0.5, 0.6) is 0 Å². The fraction of sp³-hybridized carbons (Fsp3) is 0.750. The van der Waals surface area contributed by atoms with Crippen molar-refractivity contribution in [3.8, 4) is 0 Å². The lowest BCUT2D eigenvalue weighted by Crippen LogP contribution is -2.46. The highest BCUT2D eigenvalue weighted by atomic mass is 15.2. The molecule has 10 heavy (non-hydrogen) atoms. The zero-order valence-corrected chi connectivity index (χ0v) is 6.80. The monoisotopic (exact) mass is 140 g/mol. The molecule has 1 saturated heterocycles. The molecule has 1 aliphatic heterocycles. The third-order valence-corrected chi connectivity index (χ3v) is 1.76. The summed E-state index contributed by atoms with van der Waals surface area (Å²) in [6.45, 7) is 7.69. The fourth-order valence-electron chi connectivity index (χ4n) is 1.31. The van der Waals surface area contributed by atoms with Gasteiger partial charge in [0.25, 0.3) is 0 Å². The smallest absolute Gasteiger partial charge is 0.0324 e. The molecule has 0 saturated carbocycles. The second-order valence-electron chi connectivity index (χ2n) is 2.83. The minimum absolute atomic E-state index is 0.643. The SMILES string of the molecule is CC=CN1CCN[C@@H](C)C1. The van der Waals surface area contributed by atoms with Gasteiger partial charge in [-0.25, -0.2) is 0 Å². The van der Waals surface area contributed by atoms with Gasteiger partial charge in [0, 0.05) is 25.7 Å². The summed E-state index contributed by atoms with van der Waals surface area (Å²) in [6.07, 6.45) is 4.26. The summed E-state index contributed by atoms with van der Waals surface area (Å²) in [5, 5.41) is 3.39. The van der Waals surface area contributed by atoms with Crippen LogP contribution in [0.1, 0.15) is 13.8 Å². The molecular formula is C8H16N2. The lowest BCUT2D eigenvalue weighted by atomic mass is 10.2. The van der Waals surface area contributed by atoms with Gasteiger partial charge in [-0.3, -0.25) is 0 Å². The van der Waals surface area contributed by atoms with Crippen LogP contribution < -0.4 is 5.32 Å². The van der Waals surface area contributed by atoms with E-state index in [4.69, 9.17) is 0 Å². The number of piperazine rings is 1. The Morgan fingerprint density at radius 3 is 3.00 bits per heavy atom. The number of hydrogen-bond acceptors (Lipinski definition) is 2. The van der Waals surface area contributed by atoms with Gasteiger partial charge in [0.15, 0.2) is 0 Å². The molecule has 0 bridgehead atoms. The minimum atomic E-state index is 0.643. The first kappa shape index (κ1) is 7.61. The summed E-state index contributed by atoms with van der Waals surface area (Å²) in [5.41, 5.74) is 0. The van der Waals surface area contributed by atoms with Crippen molar-refractivity contribution < 1.29 is 0 Å².